The molecule has 2 N–H and O–H groups in total. The van der Waals surface area contributed by atoms with Gasteiger partial charge in [-0.05, 0) is 17.7 Å². The number of carboxylic acid groups (broad SMARTS) is 1. The largest absolute Gasteiger partial charge is 0.480 e. The summed E-state index contributed by atoms with van der Waals surface area (Å²) >= 11 is 3.30. The van der Waals surface area contributed by atoms with Crippen molar-refractivity contribution >= 4 is 38.6 Å². The zero-order chi connectivity index (χ0) is 14.4. The number of hydrogen-bond acceptors (Lipinski definition) is 3. The summed E-state index contributed by atoms with van der Waals surface area (Å²) in [6, 6.07) is 6.17. The van der Waals surface area contributed by atoms with E-state index in [2.05, 4.69) is 21.2 Å². The number of aliphatic carboxylic acids is 1. The molecule has 1 amide bonds. The first-order valence-corrected chi connectivity index (χ1v) is 7.76. The normalized spacial score (nSPS) is 13.6. The molecule has 0 aliphatic carbocycles. The molecular formula is C12H14BrNO4S. The summed E-state index contributed by atoms with van der Waals surface area (Å²) in [5.41, 5.74) is 0.855. The number of halogens is 1. The van der Waals surface area contributed by atoms with Gasteiger partial charge in [0.25, 0.3) is 0 Å². The van der Waals surface area contributed by atoms with Gasteiger partial charge in [0.15, 0.2) is 0 Å². The molecule has 1 unspecified atom stereocenters. The van der Waals surface area contributed by atoms with Crippen molar-refractivity contribution in [2.24, 2.45) is 0 Å². The standard InChI is InChI=1S/C12H14BrNO4S/c1-8(15)14-11(12(16)17)7-19(18)6-9-2-4-10(13)5-3-9/h2-5,11H,6-7H2,1H3,(H,14,15)(H,16,17)/t11-,19?/m0/s1. The second-order valence-electron chi connectivity index (χ2n) is 3.97. The summed E-state index contributed by atoms with van der Waals surface area (Å²) in [7, 11) is -1.36. The van der Waals surface area contributed by atoms with Gasteiger partial charge in [-0.3, -0.25) is 9.00 Å². The number of rotatable bonds is 6. The molecule has 2 atom stereocenters. The molecule has 0 saturated heterocycles. The first-order valence-electron chi connectivity index (χ1n) is 5.48. The molecule has 0 aromatic heterocycles. The van der Waals surface area contributed by atoms with Gasteiger partial charge in [-0.15, -0.1) is 0 Å². The smallest absolute Gasteiger partial charge is 0.327 e. The molecule has 0 radical (unpaired) electrons. The van der Waals surface area contributed by atoms with Crippen LogP contribution < -0.4 is 5.32 Å². The lowest BCUT2D eigenvalue weighted by molar-refractivity contribution is -0.140. The molecule has 1 aromatic rings. The lowest BCUT2D eigenvalue weighted by Gasteiger charge is -2.12. The van der Waals surface area contributed by atoms with Gasteiger partial charge in [-0.25, -0.2) is 4.79 Å². The van der Waals surface area contributed by atoms with Crippen molar-refractivity contribution in [1.82, 2.24) is 5.32 Å². The predicted octanol–water partition coefficient (Wildman–Crippen LogP) is 1.29. The van der Waals surface area contributed by atoms with Crippen molar-refractivity contribution < 1.29 is 18.9 Å². The van der Waals surface area contributed by atoms with E-state index in [1.807, 2.05) is 24.3 Å². The van der Waals surface area contributed by atoms with Crippen molar-refractivity contribution in [3.8, 4) is 0 Å². The van der Waals surface area contributed by atoms with E-state index in [4.69, 9.17) is 5.11 Å². The van der Waals surface area contributed by atoms with Gasteiger partial charge >= 0.3 is 5.97 Å². The zero-order valence-corrected chi connectivity index (χ0v) is 12.7. The number of amides is 1. The highest BCUT2D eigenvalue weighted by atomic mass is 79.9. The van der Waals surface area contributed by atoms with Crippen LogP contribution in [0, 0.1) is 0 Å². The van der Waals surface area contributed by atoms with E-state index in [-0.39, 0.29) is 11.5 Å². The number of benzene rings is 1. The monoisotopic (exact) mass is 347 g/mol. The summed E-state index contributed by atoms with van der Waals surface area (Å²) in [4.78, 5) is 21.8. The Labute approximate surface area is 122 Å². The van der Waals surface area contributed by atoms with Crippen LogP contribution in [0.15, 0.2) is 28.7 Å². The Morgan fingerprint density at radius 2 is 1.95 bits per heavy atom. The minimum absolute atomic E-state index is 0.106. The molecule has 0 spiro atoms. The molecule has 0 bridgehead atoms. The fourth-order valence-corrected chi connectivity index (χ4v) is 2.98. The molecule has 0 aliphatic heterocycles. The minimum Gasteiger partial charge on any atom is -0.480 e. The molecule has 1 aromatic carbocycles. The Hall–Kier alpha value is -1.21. The highest BCUT2D eigenvalue weighted by molar-refractivity contribution is 9.10. The van der Waals surface area contributed by atoms with Gasteiger partial charge in [-0.1, -0.05) is 28.1 Å². The topological polar surface area (TPSA) is 83.5 Å². The van der Waals surface area contributed by atoms with Crippen LogP contribution in [0.4, 0.5) is 0 Å². The van der Waals surface area contributed by atoms with Crippen LogP contribution >= 0.6 is 15.9 Å². The fourth-order valence-electron chi connectivity index (χ4n) is 1.43. The quantitative estimate of drug-likeness (QED) is 0.812. The average molecular weight is 348 g/mol. The molecular weight excluding hydrogens is 334 g/mol. The number of carbonyl (C=O) groups excluding carboxylic acids is 1. The van der Waals surface area contributed by atoms with Crippen LogP contribution in [0.25, 0.3) is 0 Å². The Morgan fingerprint density at radius 3 is 2.42 bits per heavy atom. The lowest BCUT2D eigenvalue weighted by atomic mass is 10.2. The predicted molar refractivity (Wildman–Crippen MR) is 76.1 cm³/mol. The maximum absolute atomic E-state index is 11.9. The van der Waals surface area contributed by atoms with Crippen molar-refractivity contribution in [2.45, 2.75) is 18.7 Å². The van der Waals surface area contributed by atoms with E-state index in [1.165, 1.54) is 6.92 Å². The number of nitrogens with one attached hydrogen (secondary N) is 1. The van der Waals surface area contributed by atoms with Gasteiger partial charge in [0.2, 0.25) is 5.91 Å². The van der Waals surface area contributed by atoms with Crippen LogP contribution in [0.5, 0.6) is 0 Å². The molecule has 0 saturated carbocycles. The third-order valence-corrected chi connectivity index (χ3v) is 4.16. The van der Waals surface area contributed by atoms with Crippen molar-refractivity contribution in [3.05, 3.63) is 34.3 Å². The van der Waals surface area contributed by atoms with Gasteiger partial charge in [0.05, 0.1) is 5.75 Å². The second-order valence-corrected chi connectivity index (χ2v) is 6.39. The molecule has 0 aliphatic rings. The van der Waals surface area contributed by atoms with Crippen molar-refractivity contribution in [2.75, 3.05) is 5.75 Å². The van der Waals surface area contributed by atoms with Gasteiger partial charge < -0.3 is 10.4 Å². The Kier molecular flexibility index (Phi) is 6.17. The first kappa shape index (κ1) is 15.8. The zero-order valence-electron chi connectivity index (χ0n) is 10.3. The summed E-state index contributed by atoms with van der Waals surface area (Å²) in [6.07, 6.45) is 0. The van der Waals surface area contributed by atoms with Crippen LogP contribution in [0.3, 0.4) is 0 Å². The number of carboxylic acids is 1. The van der Waals surface area contributed by atoms with E-state index in [1.54, 1.807) is 0 Å². The van der Waals surface area contributed by atoms with Crippen molar-refractivity contribution in [1.29, 1.82) is 0 Å². The van der Waals surface area contributed by atoms with E-state index in [9.17, 15) is 13.8 Å². The highest BCUT2D eigenvalue weighted by Crippen LogP contribution is 2.12. The third kappa shape index (κ3) is 5.98. The second kappa shape index (κ2) is 7.40. The maximum atomic E-state index is 11.9. The average Bonchev–Trinajstić information content (AvgIpc) is 2.30. The van der Waals surface area contributed by atoms with Crippen LogP contribution in [0.1, 0.15) is 12.5 Å². The lowest BCUT2D eigenvalue weighted by Crippen LogP contribution is -2.43. The minimum atomic E-state index is -1.36. The molecule has 19 heavy (non-hydrogen) atoms. The summed E-state index contributed by atoms with van der Waals surface area (Å²) in [5.74, 6) is -1.48. The van der Waals surface area contributed by atoms with Gasteiger partial charge in [-0.2, -0.15) is 0 Å². The number of hydrogen-bond donors (Lipinski definition) is 2. The molecule has 0 fully saturated rings. The molecule has 7 heteroatoms. The molecule has 104 valence electrons. The third-order valence-electron chi connectivity index (χ3n) is 2.27. The first-order chi connectivity index (χ1) is 8.88. The van der Waals surface area contributed by atoms with E-state index in [0.717, 1.165) is 10.0 Å². The Morgan fingerprint density at radius 1 is 1.37 bits per heavy atom. The van der Waals surface area contributed by atoms with Crippen LogP contribution in [-0.2, 0) is 26.1 Å². The van der Waals surface area contributed by atoms with E-state index < -0.39 is 28.7 Å². The van der Waals surface area contributed by atoms with E-state index >= 15 is 0 Å². The summed E-state index contributed by atoms with van der Waals surface area (Å²) in [5, 5.41) is 11.2. The maximum Gasteiger partial charge on any atom is 0.327 e. The Balaban J connectivity index is 2.59. The molecule has 5 nitrogen and oxygen atoms in total. The molecule has 0 heterocycles. The van der Waals surface area contributed by atoms with Gasteiger partial charge in [0.1, 0.15) is 6.04 Å². The van der Waals surface area contributed by atoms with Crippen molar-refractivity contribution in [3.63, 3.8) is 0 Å². The van der Waals surface area contributed by atoms with E-state index in [0.29, 0.717) is 0 Å². The van der Waals surface area contributed by atoms with Crippen LogP contribution in [0.2, 0.25) is 0 Å². The highest BCUT2D eigenvalue weighted by Gasteiger charge is 2.21. The Bertz CT molecular complexity index is 489. The molecule has 1 rings (SSSR count). The summed E-state index contributed by atoms with van der Waals surface area (Å²) in [6.45, 7) is 1.23. The number of carbonyl (C=O) groups is 2. The fraction of sp³-hybridized carbons (Fsp3) is 0.333. The van der Waals surface area contributed by atoms with Gasteiger partial charge in [0, 0.05) is 27.9 Å². The summed E-state index contributed by atoms with van der Waals surface area (Å²) < 4.78 is 12.8. The van der Waals surface area contributed by atoms with Crippen LogP contribution in [-0.4, -0.2) is 33.0 Å². The SMILES string of the molecule is CC(=O)N[C@@H](CS(=O)Cc1ccc(Br)cc1)C(=O)O.